The Labute approximate surface area is 182 Å². The Morgan fingerprint density at radius 2 is 1.50 bits per heavy atom. The third-order valence-corrected chi connectivity index (χ3v) is 3.78. The van der Waals surface area contributed by atoms with Crippen molar-refractivity contribution < 1.29 is 39.0 Å². The Morgan fingerprint density at radius 3 is 2.00 bits per heavy atom. The van der Waals surface area contributed by atoms with Gasteiger partial charge < -0.3 is 49.1 Å². The SMILES string of the molecule is NC(=O)CC(NC(=O)C(N)CCCN=C(N)N)C(=O)NCC(=O)NC(CC(=O)O)C(=O)O. The molecule has 32 heavy (non-hydrogen) atoms. The molecular formula is C16H28N8O8. The van der Waals surface area contributed by atoms with Crippen LogP contribution in [-0.2, 0) is 28.8 Å². The molecule has 0 bridgehead atoms. The molecule has 0 aromatic heterocycles. The van der Waals surface area contributed by atoms with Crippen LogP contribution in [0.25, 0.3) is 0 Å². The minimum absolute atomic E-state index is 0.122. The molecule has 0 spiro atoms. The summed E-state index contributed by atoms with van der Waals surface area (Å²) in [5.41, 5.74) is 21.1. The van der Waals surface area contributed by atoms with E-state index in [1.165, 1.54) is 0 Å². The molecule has 0 saturated carbocycles. The first-order chi connectivity index (χ1) is 14.8. The van der Waals surface area contributed by atoms with Gasteiger partial charge in [-0.15, -0.1) is 0 Å². The van der Waals surface area contributed by atoms with E-state index in [4.69, 9.17) is 33.1 Å². The van der Waals surface area contributed by atoms with Gasteiger partial charge in [-0.25, -0.2) is 4.79 Å². The number of amides is 4. The fourth-order valence-corrected chi connectivity index (χ4v) is 2.25. The first kappa shape index (κ1) is 28.0. The third-order valence-electron chi connectivity index (χ3n) is 3.78. The van der Waals surface area contributed by atoms with Crippen molar-refractivity contribution in [1.82, 2.24) is 16.0 Å². The van der Waals surface area contributed by atoms with Gasteiger partial charge >= 0.3 is 11.9 Å². The number of nitrogens with zero attached hydrogens (tertiary/aromatic N) is 1. The second-order valence-electron chi connectivity index (χ2n) is 6.56. The maximum atomic E-state index is 12.3. The number of aliphatic imine (C=N–C) groups is 1. The van der Waals surface area contributed by atoms with Gasteiger partial charge in [-0.05, 0) is 12.8 Å². The van der Waals surface area contributed by atoms with E-state index in [0.29, 0.717) is 6.42 Å². The molecule has 0 aromatic rings. The third kappa shape index (κ3) is 12.6. The quantitative estimate of drug-likeness (QED) is 0.0632. The van der Waals surface area contributed by atoms with E-state index in [-0.39, 0.29) is 18.9 Å². The average Bonchev–Trinajstić information content (AvgIpc) is 2.67. The number of primary amides is 1. The lowest BCUT2D eigenvalue weighted by atomic mass is 10.1. The van der Waals surface area contributed by atoms with Gasteiger partial charge in [-0.2, -0.15) is 0 Å². The molecule has 180 valence electrons. The Balaban J connectivity index is 4.83. The van der Waals surface area contributed by atoms with E-state index in [9.17, 15) is 28.8 Å². The monoisotopic (exact) mass is 460 g/mol. The zero-order valence-electron chi connectivity index (χ0n) is 17.1. The van der Waals surface area contributed by atoms with Crippen molar-refractivity contribution in [3.05, 3.63) is 0 Å². The van der Waals surface area contributed by atoms with Gasteiger partial charge in [-0.1, -0.05) is 0 Å². The summed E-state index contributed by atoms with van der Waals surface area (Å²) in [6.07, 6.45) is -0.955. The van der Waals surface area contributed by atoms with E-state index < -0.39 is 73.1 Å². The van der Waals surface area contributed by atoms with Crippen LogP contribution in [0.1, 0.15) is 25.7 Å². The van der Waals surface area contributed by atoms with Crippen molar-refractivity contribution in [2.45, 2.75) is 43.8 Å². The van der Waals surface area contributed by atoms with Crippen LogP contribution < -0.4 is 38.9 Å². The Kier molecular flexibility index (Phi) is 12.4. The number of carboxylic acids is 2. The number of guanidine groups is 1. The number of carbonyl (C=O) groups excluding carboxylic acids is 4. The Morgan fingerprint density at radius 1 is 0.875 bits per heavy atom. The number of hydrogen-bond acceptors (Lipinski definition) is 8. The van der Waals surface area contributed by atoms with Gasteiger partial charge in [0.1, 0.15) is 12.1 Å². The van der Waals surface area contributed by atoms with E-state index in [1.54, 1.807) is 0 Å². The Hall–Kier alpha value is -3.95. The van der Waals surface area contributed by atoms with Crippen LogP contribution in [-0.4, -0.2) is 83.0 Å². The van der Waals surface area contributed by atoms with Crippen LogP contribution in [0.5, 0.6) is 0 Å². The molecule has 0 aliphatic heterocycles. The number of carboxylic acid groups (broad SMARTS) is 2. The number of carbonyl (C=O) groups is 6. The number of aliphatic carboxylic acids is 2. The minimum atomic E-state index is -1.71. The van der Waals surface area contributed by atoms with Crippen LogP contribution in [0.4, 0.5) is 0 Å². The molecule has 13 N–H and O–H groups in total. The molecule has 16 nitrogen and oxygen atoms in total. The lowest BCUT2D eigenvalue weighted by Gasteiger charge is -2.20. The zero-order valence-corrected chi connectivity index (χ0v) is 17.1. The molecular weight excluding hydrogens is 432 g/mol. The normalized spacial score (nSPS) is 13.0. The molecule has 0 fully saturated rings. The highest BCUT2D eigenvalue weighted by Crippen LogP contribution is 1.99. The van der Waals surface area contributed by atoms with Crippen molar-refractivity contribution in [1.29, 1.82) is 0 Å². The van der Waals surface area contributed by atoms with Crippen molar-refractivity contribution in [3.63, 3.8) is 0 Å². The van der Waals surface area contributed by atoms with E-state index in [1.807, 2.05) is 5.32 Å². The molecule has 0 radical (unpaired) electrons. The zero-order chi connectivity index (χ0) is 24.8. The lowest BCUT2D eigenvalue weighted by Crippen LogP contribution is -2.54. The maximum Gasteiger partial charge on any atom is 0.326 e. The van der Waals surface area contributed by atoms with Crippen LogP contribution >= 0.6 is 0 Å². The second kappa shape index (κ2) is 14.1. The summed E-state index contributed by atoms with van der Waals surface area (Å²) in [5.74, 6) is -6.84. The topological polar surface area (TPSA) is 295 Å². The predicted molar refractivity (Wildman–Crippen MR) is 108 cm³/mol. The van der Waals surface area contributed by atoms with E-state index in [2.05, 4.69) is 15.6 Å². The summed E-state index contributed by atoms with van der Waals surface area (Å²) in [6.45, 7) is -0.527. The summed E-state index contributed by atoms with van der Waals surface area (Å²) in [7, 11) is 0. The van der Waals surface area contributed by atoms with Crippen LogP contribution in [0.15, 0.2) is 4.99 Å². The fraction of sp³-hybridized carbons (Fsp3) is 0.562. The summed E-state index contributed by atoms with van der Waals surface area (Å²) >= 11 is 0. The summed E-state index contributed by atoms with van der Waals surface area (Å²) in [5, 5.41) is 23.8. The molecule has 0 aliphatic rings. The number of nitrogens with one attached hydrogen (secondary N) is 3. The van der Waals surface area contributed by atoms with Gasteiger partial charge in [0, 0.05) is 6.54 Å². The maximum absolute atomic E-state index is 12.3. The molecule has 0 heterocycles. The highest BCUT2D eigenvalue weighted by molar-refractivity contribution is 5.95. The second-order valence-corrected chi connectivity index (χ2v) is 6.56. The van der Waals surface area contributed by atoms with Gasteiger partial charge in [0.2, 0.25) is 23.6 Å². The van der Waals surface area contributed by atoms with Gasteiger partial charge in [0.15, 0.2) is 5.96 Å². The predicted octanol–water partition coefficient (Wildman–Crippen LogP) is -5.11. The lowest BCUT2D eigenvalue weighted by molar-refractivity contribution is -0.147. The summed E-state index contributed by atoms with van der Waals surface area (Å²) in [6, 6.07) is -4.22. The highest BCUT2D eigenvalue weighted by Gasteiger charge is 2.27. The molecule has 16 heteroatoms. The molecule has 3 atom stereocenters. The van der Waals surface area contributed by atoms with E-state index >= 15 is 0 Å². The van der Waals surface area contributed by atoms with Crippen molar-refractivity contribution >= 4 is 41.5 Å². The summed E-state index contributed by atoms with van der Waals surface area (Å²) < 4.78 is 0. The molecule has 0 aliphatic carbocycles. The van der Waals surface area contributed by atoms with Gasteiger partial charge in [0.25, 0.3) is 0 Å². The Bertz CT molecular complexity index is 752. The smallest absolute Gasteiger partial charge is 0.326 e. The molecule has 0 rings (SSSR count). The largest absolute Gasteiger partial charge is 0.481 e. The van der Waals surface area contributed by atoms with Crippen molar-refractivity contribution in [3.8, 4) is 0 Å². The van der Waals surface area contributed by atoms with Crippen molar-refractivity contribution in [2.24, 2.45) is 27.9 Å². The van der Waals surface area contributed by atoms with Crippen LogP contribution in [0, 0.1) is 0 Å². The molecule has 3 unspecified atom stereocenters. The van der Waals surface area contributed by atoms with Gasteiger partial charge in [0.05, 0.1) is 25.4 Å². The molecule has 4 amide bonds. The molecule has 0 saturated heterocycles. The number of nitrogens with two attached hydrogens (primary N) is 4. The first-order valence-corrected chi connectivity index (χ1v) is 9.24. The first-order valence-electron chi connectivity index (χ1n) is 9.24. The summed E-state index contributed by atoms with van der Waals surface area (Å²) in [4.78, 5) is 72.8. The van der Waals surface area contributed by atoms with Crippen LogP contribution in [0.2, 0.25) is 0 Å². The average molecular weight is 460 g/mol. The fourth-order valence-electron chi connectivity index (χ4n) is 2.25. The highest BCUT2D eigenvalue weighted by atomic mass is 16.4. The number of hydrogen-bond donors (Lipinski definition) is 9. The van der Waals surface area contributed by atoms with Crippen LogP contribution in [0.3, 0.4) is 0 Å². The molecule has 0 aromatic carbocycles. The van der Waals surface area contributed by atoms with Gasteiger partial charge in [-0.3, -0.25) is 29.0 Å². The minimum Gasteiger partial charge on any atom is -0.481 e. The number of rotatable bonds is 15. The van der Waals surface area contributed by atoms with E-state index in [0.717, 1.165) is 0 Å². The van der Waals surface area contributed by atoms with Crippen molar-refractivity contribution in [2.75, 3.05) is 13.1 Å². The standard InChI is InChI=1S/C16H28N8O8/c17-7(2-1-3-21-16(19)20)13(29)24-8(4-10(18)25)14(30)22-6-11(26)23-9(15(31)32)5-12(27)28/h7-9H,1-6,17H2,(H2,18,25)(H,22,30)(H,23,26)(H,24,29)(H,27,28)(H,31,32)(H4,19,20,21).